The van der Waals surface area contributed by atoms with Gasteiger partial charge in [-0.1, -0.05) is 212 Å². The zero-order valence-electron chi connectivity index (χ0n) is 37.2. The van der Waals surface area contributed by atoms with Crippen LogP contribution in [0.25, 0.3) is 110 Å². The smallest absolute Gasteiger partial charge is 0.143 e. The van der Waals surface area contributed by atoms with E-state index in [1.165, 1.54) is 48.8 Å². The molecule has 0 saturated carbocycles. The summed E-state index contributed by atoms with van der Waals surface area (Å²) in [6.45, 7) is 0. The molecule has 0 atom stereocenters. The van der Waals surface area contributed by atoms with Crippen molar-refractivity contribution in [2.24, 2.45) is 0 Å². The molecule has 0 aliphatic rings. The van der Waals surface area contributed by atoms with E-state index in [2.05, 4.69) is 266 Å². The van der Waals surface area contributed by atoms with E-state index in [1.54, 1.807) is 0 Å². The van der Waals surface area contributed by atoms with Gasteiger partial charge in [0.25, 0.3) is 0 Å². The van der Waals surface area contributed by atoms with Crippen LogP contribution in [-0.4, -0.2) is 0 Å². The van der Waals surface area contributed by atoms with Gasteiger partial charge in [0.05, 0.1) is 0 Å². The van der Waals surface area contributed by atoms with E-state index in [4.69, 9.17) is 4.42 Å². The Labute approximate surface area is 395 Å². The molecule has 0 N–H and O–H groups in total. The molecule has 2 heteroatoms. The molecule has 318 valence electrons. The van der Waals surface area contributed by atoms with Crippen LogP contribution >= 0.6 is 0 Å². The van der Waals surface area contributed by atoms with Gasteiger partial charge in [0.2, 0.25) is 0 Å². The van der Waals surface area contributed by atoms with Crippen molar-refractivity contribution >= 4 is 71.1 Å². The molecule has 0 fully saturated rings. The molecule has 13 aromatic rings. The van der Waals surface area contributed by atoms with Gasteiger partial charge in [-0.15, -0.1) is 0 Å². The van der Waals surface area contributed by atoms with Gasteiger partial charge in [0.15, 0.2) is 0 Å². The second-order valence-corrected chi connectivity index (χ2v) is 17.6. The van der Waals surface area contributed by atoms with Crippen LogP contribution in [0.1, 0.15) is 0 Å². The Morgan fingerprint density at radius 1 is 0.250 bits per heavy atom. The van der Waals surface area contributed by atoms with Crippen LogP contribution in [0.4, 0.5) is 17.1 Å². The van der Waals surface area contributed by atoms with Gasteiger partial charge in [-0.25, -0.2) is 0 Å². The quantitative estimate of drug-likeness (QED) is 0.142. The Balaban J connectivity index is 0.936. The van der Waals surface area contributed by atoms with Crippen molar-refractivity contribution < 1.29 is 4.42 Å². The third-order valence-corrected chi connectivity index (χ3v) is 13.6. The molecule has 13 rings (SSSR count). The molecule has 68 heavy (non-hydrogen) atoms. The highest BCUT2D eigenvalue weighted by Gasteiger charge is 2.23. The van der Waals surface area contributed by atoms with Crippen LogP contribution < -0.4 is 4.90 Å². The average Bonchev–Trinajstić information content (AvgIpc) is 3.83. The molecule has 0 saturated heterocycles. The Bertz CT molecular complexity index is 4000. The normalized spacial score (nSPS) is 11.5. The van der Waals surface area contributed by atoms with Gasteiger partial charge in [-0.2, -0.15) is 0 Å². The summed E-state index contributed by atoms with van der Waals surface area (Å²) < 4.78 is 7.12. The van der Waals surface area contributed by atoms with Crippen molar-refractivity contribution in [3.8, 4) is 55.8 Å². The molecule has 0 aliphatic heterocycles. The number of hydrogen-bond donors (Lipinski definition) is 0. The van der Waals surface area contributed by atoms with Crippen molar-refractivity contribution in [3.63, 3.8) is 0 Å². The average molecular weight is 866 g/mol. The van der Waals surface area contributed by atoms with Crippen molar-refractivity contribution in [3.05, 3.63) is 261 Å². The predicted molar refractivity (Wildman–Crippen MR) is 288 cm³/mol. The Hall–Kier alpha value is -8.98. The SMILES string of the molecule is c1ccc(-c2ccc(N(c3cccc(-c4cccc(-c5ccc6c7ccccc7c7c(-c8ccccc8)c(-c8ccccc8)oc7c6c5)c4)c3)c3ccc4c(ccc5ccccc54)c3)cc2)cc1. The van der Waals surface area contributed by atoms with Crippen LogP contribution in [0.2, 0.25) is 0 Å². The summed E-state index contributed by atoms with van der Waals surface area (Å²) in [5.41, 5.74) is 14.5. The first-order chi connectivity index (χ1) is 33.7. The first kappa shape index (κ1) is 39.4. The standard InChI is InChI=1S/C66H43NO/c1-4-16-44(17-5-1)45-32-35-54(36-33-45)67(56-37-39-58-53(42-56)31-30-46-18-10-11-27-57(46)58)55-26-15-25-51(41-55)49-23-14-24-50(40-49)52-34-38-60-59-28-12-13-29-61(59)64-63(47-19-6-2-7-20-47)65(48-21-8-3-9-22-48)68-66(64)62(60)43-52/h1-43H. The Morgan fingerprint density at radius 2 is 0.735 bits per heavy atom. The van der Waals surface area contributed by atoms with E-state index in [9.17, 15) is 0 Å². The second kappa shape index (κ2) is 16.5. The number of furan rings is 1. The molecule has 12 aromatic carbocycles. The zero-order chi connectivity index (χ0) is 45.0. The largest absolute Gasteiger partial charge is 0.455 e. The predicted octanol–water partition coefficient (Wildman–Crippen LogP) is 18.9. The van der Waals surface area contributed by atoms with Gasteiger partial charge in [-0.3, -0.25) is 0 Å². The number of benzene rings is 12. The van der Waals surface area contributed by atoms with Crippen molar-refractivity contribution in [1.29, 1.82) is 0 Å². The van der Waals surface area contributed by atoms with E-state index in [-0.39, 0.29) is 0 Å². The Morgan fingerprint density at radius 3 is 1.49 bits per heavy atom. The highest BCUT2D eigenvalue weighted by molar-refractivity contribution is 6.29. The van der Waals surface area contributed by atoms with Gasteiger partial charge in [0, 0.05) is 39.0 Å². The monoisotopic (exact) mass is 865 g/mol. The summed E-state index contributed by atoms with van der Waals surface area (Å²) in [5.74, 6) is 0.884. The summed E-state index contributed by atoms with van der Waals surface area (Å²) in [4.78, 5) is 2.38. The fourth-order valence-corrected chi connectivity index (χ4v) is 10.4. The lowest BCUT2D eigenvalue weighted by molar-refractivity contribution is 0.636. The fraction of sp³-hybridized carbons (Fsp3) is 0. The number of rotatable bonds is 8. The van der Waals surface area contributed by atoms with Gasteiger partial charge in [0.1, 0.15) is 11.3 Å². The van der Waals surface area contributed by atoms with Crippen LogP contribution in [-0.2, 0) is 0 Å². The van der Waals surface area contributed by atoms with Gasteiger partial charge in [-0.05, 0) is 125 Å². The number of anilines is 3. The summed E-state index contributed by atoms with van der Waals surface area (Å²) in [6.07, 6.45) is 0. The molecule has 0 amide bonds. The summed E-state index contributed by atoms with van der Waals surface area (Å²) in [5, 5.41) is 10.8. The minimum absolute atomic E-state index is 0.884. The first-order valence-corrected chi connectivity index (χ1v) is 23.3. The lowest BCUT2D eigenvalue weighted by Gasteiger charge is -2.27. The minimum Gasteiger partial charge on any atom is -0.455 e. The van der Waals surface area contributed by atoms with E-state index in [1.807, 2.05) is 0 Å². The molecule has 0 aliphatic carbocycles. The summed E-state index contributed by atoms with van der Waals surface area (Å²) in [7, 11) is 0. The molecular formula is C66H43NO. The minimum atomic E-state index is 0.884. The van der Waals surface area contributed by atoms with Crippen molar-refractivity contribution in [2.75, 3.05) is 4.90 Å². The first-order valence-electron chi connectivity index (χ1n) is 23.3. The van der Waals surface area contributed by atoms with Crippen molar-refractivity contribution in [2.45, 2.75) is 0 Å². The van der Waals surface area contributed by atoms with E-state index in [0.29, 0.717) is 0 Å². The maximum Gasteiger partial charge on any atom is 0.143 e. The van der Waals surface area contributed by atoms with E-state index in [0.717, 1.165) is 78.1 Å². The highest BCUT2D eigenvalue weighted by Crippen LogP contribution is 2.48. The lowest BCUT2D eigenvalue weighted by Crippen LogP contribution is -2.10. The maximum atomic E-state index is 7.12. The molecule has 1 aromatic heterocycles. The topological polar surface area (TPSA) is 16.4 Å². The van der Waals surface area contributed by atoms with Crippen LogP contribution in [0.3, 0.4) is 0 Å². The molecule has 0 radical (unpaired) electrons. The number of hydrogen-bond acceptors (Lipinski definition) is 2. The number of fused-ring (bicyclic) bond motifs is 9. The summed E-state index contributed by atoms with van der Waals surface area (Å²) >= 11 is 0. The lowest BCUT2D eigenvalue weighted by atomic mass is 9.91. The maximum absolute atomic E-state index is 7.12. The van der Waals surface area contributed by atoms with Crippen LogP contribution in [0.15, 0.2) is 265 Å². The molecule has 1 heterocycles. The highest BCUT2D eigenvalue weighted by atomic mass is 16.3. The molecule has 0 unspecified atom stereocenters. The molecular weight excluding hydrogens is 823 g/mol. The van der Waals surface area contributed by atoms with Crippen LogP contribution in [0, 0.1) is 0 Å². The Kier molecular flexibility index (Phi) is 9.54. The van der Waals surface area contributed by atoms with Crippen molar-refractivity contribution in [1.82, 2.24) is 0 Å². The molecule has 2 nitrogen and oxygen atoms in total. The second-order valence-electron chi connectivity index (χ2n) is 17.6. The summed E-state index contributed by atoms with van der Waals surface area (Å²) in [6, 6.07) is 94.2. The molecule has 0 bridgehead atoms. The molecule has 0 spiro atoms. The van der Waals surface area contributed by atoms with Crippen LogP contribution in [0.5, 0.6) is 0 Å². The van der Waals surface area contributed by atoms with Gasteiger partial charge < -0.3 is 9.32 Å². The van der Waals surface area contributed by atoms with Gasteiger partial charge >= 0.3 is 0 Å². The third kappa shape index (κ3) is 6.82. The number of nitrogens with zero attached hydrogens (tertiary/aromatic N) is 1. The zero-order valence-corrected chi connectivity index (χ0v) is 37.2. The van der Waals surface area contributed by atoms with E-state index < -0.39 is 0 Å². The fourth-order valence-electron chi connectivity index (χ4n) is 10.4. The third-order valence-electron chi connectivity index (χ3n) is 13.6. The van der Waals surface area contributed by atoms with E-state index >= 15 is 0 Å².